The number of unbranched alkanes of at least 4 members (excludes halogenated alkanes) is 1. The second-order valence-corrected chi connectivity index (χ2v) is 6.16. The summed E-state index contributed by atoms with van der Waals surface area (Å²) in [5.41, 5.74) is 3.22. The number of aryl methyl sites for hydroxylation is 1. The predicted octanol–water partition coefficient (Wildman–Crippen LogP) is 4.24. The molecular formula is C19H28N3+. The van der Waals surface area contributed by atoms with Crippen LogP contribution in [0.3, 0.4) is 0 Å². The van der Waals surface area contributed by atoms with E-state index in [9.17, 15) is 0 Å². The second kappa shape index (κ2) is 7.47. The highest BCUT2D eigenvalue weighted by Gasteiger charge is 2.19. The van der Waals surface area contributed by atoms with E-state index >= 15 is 0 Å². The quantitative estimate of drug-likeness (QED) is 0.574. The molecule has 0 unspecified atom stereocenters. The highest BCUT2D eigenvalue weighted by atomic mass is 15.3. The van der Waals surface area contributed by atoms with Crippen molar-refractivity contribution >= 4 is 10.9 Å². The van der Waals surface area contributed by atoms with Crippen LogP contribution < -0.4 is 0 Å². The van der Waals surface area contributed by atoms with Crippen LogP contribution in [0.25, 0.3) is 10.9 Å². The Morgan fingerprint density at radius 1 is 1.09 bits per heavy atom. The van der Waals surface area contributed by atoms with E-state index in [1.807, 2.05) is 18.2 Å². The summed E-state index contributed by atoms with van der Waals surface area (Å²) in [5.74, 6) is 0. The molecule has 2 aromatic rings. The molecule has 0 spiro atoms. The summed E-state index contributed by atoms with van der Waals surface area (Å²) in [6, 6.07) is 8.11. The summed E-state index contributed by atoms with van der Waals surface area (Å²) in [6.07, 6.45) is 5.67. The van der Waals surface area contributed by atoms with Crippen LogP contribution in [0.1, 0.15) is 44.7 Å². The number of quaternary nitrogens is 1. The minimum Gasteiger partial charge on any atom is -0.361 e. The fraction of sp³-hybridized carbons (Fsp3) is 0.526. The molecule has 2 rings (SSSR count). The van der Waals surface area contributed by atoms with Gasteiger partial charge in [0.25, 0.3) is 0 Å². The molecule has 3 heteroatoms. The molecule has 0 aliphatic rings. The molecule has 0 radical (unpaired) electrons. The zero-order valence-corrected chi connectivity index (χ0v) is 14.2. The zero-order chi connectivity index (χ0) is 16.0. The van der Waals surface area contributed by atoms with Gasteiger partial charge >= 0.3 is 0 Å². The number of nitrogens with zero attached hydrogens (tertiary/aromatic N) is 2. The van der Waals surface area contributed by atoms with Gasteiger partial charge in [0.2, 0.25) is 0 Å². The van der Waals surface area contributed by atoms with Crippen LogP contribution in [-0.2, 0) is 6.42 Å². The number of aromatic amines is 1. The van der Waals surface area contributed by atoms with Gasteiger partial charge in [-0.1, -0.05) is 0 Å². The van der Waals surface area contributed by atoms with Gasteiger partial charge in [0, 0.05) is 17.1 Å². The summed E-state index contributed by atoms with van der Waals surface area (Å²) in [7, 11) is 0. The van der Waals surface area contributed by atoms with Gasteiger partial charge in [-0.05, 0) is 63.8 Å². The number of hydrogen-bond acceptors (Lipinski definition) is 1. The molecule has 3 nitrogen and oxygen atoms in total. The molecule has 0 saturated heterocycles. The zero-order valence-electron chi connectivity index (χ0n) is 14.2. The highest BCUT2D eigenvalue weighted by molar-refractivity contribution is 5.84. The summed E-state index contributed by atoms with van der Waals surface area (Å²) in [5, 5.41) is 10.3. The van der Waals surface area contributed by atoms with Gasteiger partial charge in [0.05, 0.1) is 37.8 Å². The number of fused-ring (bicyclic) bond motifs is 1. The molecule has 0 amide bonds. The number of nitrogens with one attached hydrogen (secondary N) is 1. The van der Waals surface area contributed by atoms with Crippen molar-refractivity contribution in [3.8, 4) is 6.07 Å². The molecule has 1 aromatic heterocycles. The lowest BCUT2D eigenvalue weighted by Gasteiger charge is -2.35. The Morgan fingerprint density at radius 3 is 2.45 bits per heavy atom. The van der Waals surface area contributed by atoms with Gasteiger partial charge in [-0.25, -0.2) is 0 Å². The van der Waals surface area contributed by atoms with E-state index in [0.29, 0.717) is 0 Å². The molecule has 1 heterocycles. The van der Waals surface area contributed by atoms with Gasteiger partial charge in [0.1, 0.15) is 0 Å². The highest BCUT2D eigenvalue weighted by Crippen LogP contribution is 2.21. The van der Waals surface area contributed by atoms with Crippen molar-refractivity contribution < 1.29 is 4.48 Å². The molecule has 0 aliphatic heterocycles. The summed E-state index contributed by atoms with van der Waals surface area (Å²) < 4.78 is 1.23. The fourth-order valence-electron chi connectivity index (χ4n) is 3.36. The third-order valence-corrected chi connectivity index (χ3v) is 5.24. The van der Waals surface area contributed by atoms with E-state index in [1.54, 1.807) is 0 Å². The van der Waals surface area contributed by atoms with E-state index < -0.39 is 0 Å². The van der Waals surface area contributed by atoms with E-state index in [2.05, 4.69) is 38.0 Å². The third-order valence-electron chi connectivity index (χ3n) is 5.24. The standard InChI is InChI=1S/C19H28N3/c1-4-22(5-2,6-3)12-8-7-9-17-15-21-19-11-10-16(14-20)13-18(17)19/h10-11,13,15,21H,4-9,12H2,1-3H3/q+1. The van der Waals surface area contributed by atoms with Crippen LogP contribution in [0.2, 0.25) is 0 Å². The Balaban J connectivity index is 1.96. The Labute approximate surface area is 134 Å². The Kier molecular flexibility index (Phi) is 5.63. The average Bonchev–Trinajstić information content (AvgIpc) is 2.98. The van der Waals surface area contributed by atoms with Gasteiger partial charge in [-0.3, -0.25) is 0 Å². The van der Waals surface area contributed by atoms with Crippen LogP contribution in [0.15, 0.2) is 24.4 Å². The van der Waals surface area contributed by atoms with Crippen molar-refractivity contribution in [2.24, 2.45) is 0 Å². The number of hydrogen-bond donors (Lipinski definition) is 1. The largest absolute Gasteiger partial charge is 0.361 e. The maximum atomic E-state index is 9.05. The molecule has 22 heavy (non-hydrogen) atoms. The molecule has 0 fully saturated rings. The Bertz CT molecular complexity index is 636. The van der Waals surface area contributed by atoms with Crippen molar-refractivity contribution in [1.29, 1.82) is 5.26 Å². The third kappa shape index (κ3) is 3.51. The van der Waals surface area contributed by atoms with Gasteiger partial charge in [0.15, 0.2) is 0 Å². The first-order valence-electron chi connectivity index (χ1n) is 8.53. The number of rotatable bonds is 8. The number of H-pyrrole nitrogens is 1. The summed E-state index contributed by atoms with van der Waals surface area (Å²) in [6.45, 7) is 11.9. The Hall–Kier alpha value is -1.79. The summed E-state index contributed by atoms with van der Waals surface area (Å²) >= 11 is 0. The van der Waals surface area contributed by atoms with Crippen molar-refractivity contribution in [2.75, 3.05) is 26.2 Å². The molecule has 0 atom stereocenters. The molecule has 0 bridgehead atoms. The van der Waals surface area contributed by atoms with Crippen LogP contribution in [0, 0.1) is 11.3 Å². The lowest BCUT2D eigenvalue weighted by molar-refractivity contribution is -0.923. The first-order valence-corrected chi connectivity index (χ1v) is 8.53. The first kappa shape index (κ1) is 16.6. The number of benzene rings is 1. The molecule has 0 saturated carbocycles. The summed E-state index contributed by atoms with van der Waals surface area (Å²) in [4.78, 5) is 3.32. The maximum absolute atomic E-state index is 9.05. The van der Waals surface area contributed by atoms with Crippen LogP contribution in [0.5, 0.6) is 0 Å². The number of nitriles is 1. The molecule has 118 valence electrons. The first-order chi connectivity index (χ1) is 10.7. The minimum absolute atomic E-state index is 0.743. The monoisotopic (exact) mass is 298 g/mol. The maximum Gasteiger partial charge on any atom is 0.0991 e. The average molecular weight is 298 g/mol. The van der Waals surface area contributed by atoms with Crippen molar-refractivity contribution in [3.05, 3.63) is 35.5 Å². The minimum atomic E-state index is 0.743. The van der Waals surface area contributed by atoms with E-state index in [-0.39, 0.29) is 0 Å². The Morgan fingerprint density at radius 2 is 1.82 bits per heavy atom. The molecule has 0 aliphatic carbocycles. The van der Waals surface area contributed by atoms with Crippen LogP contribution >= 0.6 is 0 Å². The van der Waals surface area contributed by atoms with Crippen LogP contribution in [-0.4, -0.2) is 35.6 Å². The van der Waals surface area contributed by atoms with Gasteiger partial charge < -0.3 is 9.47 Å². The van der Waals surface area contributed by atoms with Crippen LogP contribution in [0.4, 0.5) is 0 Å². The second-order valence-electron chi connectivity index (χ2n) is 6.16. The van der Waals surface area contributed by atoms with E-state index in [1.165, 1.54) is 54.5 Å². The number of aromatic nitrogens is 1. The van der Waals surface area contributed by atoms with Crippen molar-refractivity contribution in [2.45, 2.75) is 40.0 Å². The predicted molar refractivity (Wildman–Crippen MR) is 92.7 cm³/mol. The fourth-order valence-corrected chi connectivity index (χ4v) is 3.36. The van der Waals surface area contributed by atoms with Crippen molar-refractivity contribution in [3.63, 3.8) is 0 Å². The molecule has 1 aromatic carbocycles. The van der Waals surface area contributed by atoms with E-state index in [4.69, 9.17) is 5.26 Å². The lowest BCUT2D eigenvalue weighted by atomic mass is 10.0. The van der Waals surface area contributed by atoms with Gasteiger partial charge in [-0.15, -0.1) is 0 Å². The normalized spacial score (nSPS) is 11.7. The van der Waals surface area contributed by atoms with E-state index in [0.717, 1.165) is 17.5 Å². The molecule has 1 N–H and O–H groups in total. The smallest absolute Gasteiger partial charge is 0.0991 e. The lowest BCUT2D eigenvalue weighted by Crippen LogP contribution is -2.48. The SMILES string of the molecule is CC[N+](CC)(CC)CCCCc1c[nH]c2ccc(C#N)cc12. The topological polar surface area (TPSA) is 39.6 Å². The van der Waals surface area contributed by atoms with Gasteiger partial charge in [-0.2, -0.15) is 5.26 Å². The molecular weight excluding hydrogens is 270 g/mol. The van der Waals surface area contributed by atoms with Crippen molar-refractivity contribution in [1.82, 2.24) is 4.98 Å².